The molecule has 6 nitrogen and oxygen atoms in total. The van der Waals surface area contributed by atoms with Crippen LogP contribution in [0.5, 0.6) is 0 Å². The standard InChI is InChI=1S/C45H26N4O2/c1-4-15-36-31(10-1)35-26-29(48-38-16-5-6-17-39(38)49-42-34-12-3-8-19-41(34)51-44(42)46-45(48)49)24-25-37(35)47(36)28-22-20-27(21-23-28)30-13-9-14-33-32-11-2-7-18-40(32)50-43(30)33/h1-26H. The van der Waals surface area contributed by atoms with E-state index < -0.39 is 0 Å². The van der Waals surface area contributed by atoms with Gasteiger partial charge in [-0.15, -0.1) is 0 Å². The predicted molar refractivity (Wildman–Crippen MR) is 206 cm³/mol. The maximum absolute atomic E-state index is 6.36. The van der Waals surface area contributed by atoms with Crippen LogP contribution in [0.3, 0.4) is 0 Å². The molecule has 0 N–H and O–H groups in total. The number of nitrogens with zero attached hydrogens (tertiary/aromatic N) is 4. The molecule has 0 amide bonds. The van der Waals surface area contributed by atoms with E-state index in [1.807, 2.05) is 30.3 Å². The smallest absolute Gasteiger partial charge is 0.248 e. The lowest BCUT2D eigenvalue weighted by molar-refractivity contribution is 0.656. The maximum atomic E-state index is 6.36. The van der Waals surface area contributed by atoms with Crippen molar-refractivity contribution >= 4 is 82.8 Å². The second-order valence-corrected chi connectivity index (χ2v) is 13.2. The zero-order chi connectivity index (χ0) is 33.2. The molecular weight excluding hydrogens is 629 g/mol. The average molecular weight is 655 g/mol. The summed E-state index contributed by atoms with van der Waals surface area (Å²) in [7, 11) is 0. The van der Waals surface area contributed by atoms with Crippen molar-refractivity contribution in [1.82, 2.24) is 18.5 Å². The van der Waals surface area contributed by atoms with Crippen LogP contribution in [0, 0.1) is 0 Å². The van der Waals surface area contributed by atoms with Crippen LogP contribution < -0.4 is 0 Å². The lowest BCUT2D eigenvalue weighted by atomic mass is 10.0. The third-order valence-corrected chi connectivity index (χ3v) is 10.5. The van der Waals surface area contributed by atoms with Crippen LogP contribution in [0.4, 0.5) is 0 Å². The molecule has 0 atom stereocenters. The Labute approximate surface area is 289 Å². The van der Waals surface area contributed by atoms with Crippen molar-refractivity contribution < 1.29 is 8.83 Å². The van der Waals surface area contributed by atoms with Crippen LogP contribution in [-0.4, -0.2) is 18.5 Å². The molecule has 0 aliphatic heterocycles. The summed E-state index contributed by atoms with van der Waals surface area (Å²) in [5.74, 6) is 0.828. The number of hydrogen-bond donors (Lipinski definition) is 0. The molecule has 6 heteroatoms. The van der Waals surface area contributed by atoms with Crippen LogP contribution in [0.25, 0.3) is 105 Å². The minimum atomic E-state index is 0.642. The summed E-state index contributed by atoms with van der Waals surface area (Å²) in [4.78, 5) is 5.07. The van der Waals surface area contributed by atoms with E-state index >= 15 is 0 Å². The van der Waals surface area contributed by atoms with Gasteiger partial charge in [0.15, 0.2) is 0 Å². The number of para-hydroxylation sites is 6. The van der Waals surface area contributed by atoms with Gasteiger partial charge in [-0.2, -0.15) is 4.98 Å². The first-order chi connectivity index (χ1) is 25.3. The molecule has 5 heterocycles. The third kappa shape index (κ3) is 3.57. The first kappa shape index (κ1) is 26.9. The number of benzene rings is 7. The van der Waals surface area contributed by atoms with Crippen molar-refractivity contribution in [1.29, 1.82) is 0 Å². The quantitative estimate of drug-likeness (QED) is 0.190. The fourth-order valence-corrected chi connectivity index (χ4v) is 8.28. The van der Waals surface area contributed by atoms with E-state index in [9.17, 15) is 0 Å². The lowest BCUT2D eigenvalue weighted by Gasteiger charge is -2.10. The largest absolute Gasteiger partial charge is 0.455 e. The molecule has 5 aromatic heterocycles. The molecule has 0 radical (unpaired) electrons. The zero-order valence-corrected chi connectivity index (χ0v) is 27.1. The molecule has 0 aliphatic carbocycles. The van der Waals surface area contributed by atoms with Crippen molar-refractivity contribution in [3.05, 3.63) is 158 Å². The molecule has 51 heavy (non-hydrogen) atoms. The first-order valence-electron chi connectivity index (χ1n) is 17.1. The number of imidazole rings is 2. The molecule has 0 fully saturated rings. The Morgan fingerprint density at radius 1 is 0.431 bits per heavy atom. The van der Waals surface area contributed by atoms with E-state index in [0.717, 1.165) is 88.8 Å². The number of fused-ring (bicyclic) bond motifs is 13. The molecule has 0 saturated heterocycles. The van der Waals surface area contributed by atoms with E-state index in [2.05, 4.69) is 141 Å². The molecular formula is C45H26N4O2. The zero-order valence-electron chi connectivity index (χ0n) is 27.1. The van der Waals surface area contributed by atoms with Crippen molar-refractivity contribution in [2.75, 3.05) is 0 Å². The van der Waals surface area contributed by atoms with Gasteiger partial charge < -0.3 is 13.4 Å². The predicted octanol–water partition coefficient (Wildman–Crippen LogP) is 11.8. The second-order valence-electron chi connectivity index (χ2n) is 13.2. The van der Waals surface area contributed by atoms with Crippen LogP contribution in [-0.2, 0) is 0 Å². The second kappa shape index (κ2) is 9.77. The average Bonchev–Trinajstić information content (AvgIpc) is 3.97. The highest BCUT2D eigenvalue weighted by Crippen LogP contribution is 2.39. The van der Waals surface area contributed by atoms with Gasteiger partial charge in [-0.25, -0.2) is 0 Å². The van der Waals surface area contributed by atoms with Crippen molar-refractivity contribution in [3.8, 4) is 22.5 Å². The Hall–Kier alpha value is -7.05. The molecule has 12 rings (SSSR count). The number of hydrogen-bond acceptors (Lipinski definition) is 3. The highest BCUT2D eigenvalue weighted by molar-refractivity contribution is 6.11. The van der Waals surface area contributed by atoms with E-state index in [-0.39, 0.29) is 0 Å². The Morgan fingerprint density at radius 2 is 1.08 bits per heavy atom. The van der Waals surface area contributed by atoms with Gasteiger partial charge >= 0.3 is 0 Å². The lowest BCUT2D eigenvalue weighted by Crippen LogP contribution is -1.96. The maximum Gasteiger partial charge on any atom is 0.248 e. The number of furan rings is 2. The molecule has 0 bridgehead atoms. The van der Waals surface area contributed by atoms with Crippen molar-refractivity contribution in [2.24, 2.45) is 0 Å². The summed E-state index contributed by atoms with van der Waals surface area (Å²) >= 11 is 0. The van der Waals surface area contributed by atoms with Crippen LogP contribution in [0.15, 0.2) is 167 Å². The van der Waals surface area contributed by atoms with Gasteiger partial charge in [0, 0.05) is 43.9 Å². The number of aromatic nitrogens is 4. The summed E-state index contributed by atoms with van der Waals surface area (Å²) in [5, 5.41) is 5.70. The van der Waals surface area contributed by atoms with Gasteiger partial charge in [0.05, 0.1) is 22.1 Å². The van der Waals surface area contributed by atoms with Gasteiger partial charge in [0.1, 0.15) is 22.3 Å². The minimum Gasteiger partial charge on any atom is -0.455 e. The van der Waals surface area contributed by atoms with Gasteiger partial charge in [0.2, 0.25) is 11.5 Å². The van der Waals surface area contributed by atoms with Crippen LogP contribution >= 0.6 is 0 Å². The van der Waals surface area contributed by atoms with Crippen LogP contribution in [0.1, 0.15) is 0 Å². The molecule has 0 spiro atoms. The van der Waals surface area contributed by atoms with Crippen molar-refractivity contribution in [2.45, 2.75) is 0 Å². The van der Waals surface area contributed by atoms with Gasteiger partial charge in [0.25, 0.3) is 0 Å². The Morgan fingerprint density at radius 3 is 1.92 bits per heavy atom. The van der Waals surface area contributed by atoms with Crippen LogP contribution in [0.2, 0.25) is 0 Å². The number of rotatable bonds is 3. The van der Waals surface area contributed by atoms with Crippen molar-refractivity contribution in [3.63, 3.8) is 0 Å². The van der Waals surface area contributed by atoms with E-state index in [4.69, 9.17) is 13.8 Å². The molecule has 7 aromatic carbocycles. The van der Waals surface area contributed by atoms with Gasteiger partial charge in [-0.05, 0) is 72.3 Å². The molecule has 0 saturated carbocycles. The topological polar surface area (TPSA) is 53.4 Å². The SMILES string of the molecule is c1ccc2c(c1)oc1c(-c3ccc(-n4c5ccccc5c5cc(-n6c7ccccc7n7c8c(nc67)oc6ccccc68)ccc54)cc3)cccc12. The van der Waals surface area contributed by atoms with E-state index in [1.54, 1.807) is 0 Å². The fourth-order valence-electron chi connectivity index (χ4n) is 8.28. The van der Waals surface area contributed by atoms with Gasteiger partial charge in [-0.3, -0.25) is 8.97 Å². The van der Waals surface area contributed by atoms with E-state index in [1.165, 1.54) is 10.8 Å². The Bertz CT molecular complexity index is 3370. The Balaban J connectivity index is 1.04. The fraction of sp³-hybridized carbons (Fsp3) is 0. The Kier molecular flexibility index (Phi) is 5.14. The normalized spacial score (nSPS) is 12.3. The summed E-state index contributed by atoms with van der Waals surface area (Å²) < 4.78 is 19.4. The first-order valence-corrected chi connectivity index (χ1v) is 17.1. The van der Waals surface area contributed by atoms with Gasteiger partial charge in [-0.1, -0.05) is 91.0 Å². The highest BCUT2D eigenvalue weighted by Gasteiger charge is 2.22. The highest BCUT2D eigenvalue weighted by atomic mass is 16.3. The third-order valence-electron chi connectivity index (χ3n) is 10.5. The molecule has 238 valence electrons. The minimum absolute atomic E-state index is 0.642. The summed E-state index contributed by atoms with van der Waals surface area (Å²) in [6, 6.07) is 55.5. The summed E-state index contributed by atoms with van der Waals surface area (Å²) in [6.45, 7) is 0. The summed E-state index contributed by atoms with van der Waals surface area (Å²) in [6.07, 6.45) is 0. The molecule has 0 unspecified atom stereocenters. The monoisotopic (exact) mass is 654 g/mol. The molecule has 0 aliphatic rings. The molecule has 12 aromatic rings. The van der Waals surface area contributed by atoms with E-state index in [0.29, 0.717) is 5.71 Å². The summed E-state index contributed by atoms with van der Waals surface area (Å²) in [5.41, 5.74) is 13.1.